The Hall–Kier alpha value is -0.0400. The van der Waals surface area contributed by atoms with Gasteiger partial charge >= 0.3 is 0 Å². The van der Waals surface area contributed by atoms with Crippen LogP contribution in [0, 0.1) is 52.3 Å². The smallest absolute Gasteiger partial charge is 0.0618 e. The molecular formula is C27H46O. The van der Waals surface area contributed by atoms with Crippen LogP contribution in [-0.2, 0) is 4.74 Å². The van der Waals surface area contributed by atoms with Gasteiger partial charge < -0.3 is 4.74 Å². The van der Waals surface area contributed by atoms with E-state index in [4.69, 9.17) is 4.74 Å². The van der Waals surface area contributed by atoms with Crippen molar-refractivity contribution in [1.29, 1.82) is 0 Å². The minimum atomic E-state index is 0.541. The summed E-state index contributed by atoms with van der Waals surface area (Å²) < 4.78 is 6.82. The number of ether oxygens (including phenoxy) is 1. The molecule has 0 amide bonds. The monoisotopic (exact) mass is 386 g/mol. The predicted molar refractivity (Wildman–Crippen MR) is 117 cm³/mol. The van der Waals surface area contributed by atoms with E-state index in [2.05, 4.69) is 34.6 Å². The Morgan fingerprint density at radius 1 is 0.929 bits per heavy atom. The fourth-order valence-electron chi connectivity index (χ4n) is 9.81. The Balaban J connectivity index is 1.35. The average Bonchev–Trinajstić information content (AvgIpc) is 3.13. The maximum atomic E-state index is 6.82. The molecule has 0 aromatic carbocycles. The van der Waals surface area contributed by atoms with Crippen molar-refractivity contribution >= 4 is 0 Å². The highest BCUT2D eigenvalue weighted by Gasteiger charge is 2.65. The van der Waals surface area contributed by atoms with Gasteiger partial charge in [0, 0.05) is 0 Å². The standard InChI is InChI=1S/C27H46O/c1-17(2)9-12-23-18(3)25-24(28-23)16-22-20-11-10-19-8-6-7-14-26(19,4)21(20)13-15-27(22,25)5/h17-25H,6-16H2,1-5H3/t18-,19-,20?,21+,22+,23?,24+,25?,26+,27+/m1/s1. The molecule has 4 aliphatic carbocycles. The minimum absolute atomic E-state index is 0.541. The lowest BCUT2D eigenvalue weighted by molar-refractivity contribution is -0.115. The molecule has 0 aromatic rings. The van der Waals surface area contributed by atoms with E-state index in [1.54, 1.807) is 0 Å². The zero-order valence-corrected chi connectivity index (χ0v) is 19.4. The van der Waals surface area contributed by atoms with E-state index in [0.29, 0.717) is 23.0 Å². The summed E-state index contributed by atoms with van der Waals surface area (Å²) in [5.41, 5.74) is 1.24. The number of hydrogen-bond donors (Lipinski definition) is 0. The van der Waals surface area contributed by atoms with Crippen LogP contribution < -0.4 is 0 Å². The fraction of sp³-hybridized carbons (Fsp3) is 1.00. The minimum Gasteiger partial charge on any atom is -0.374 e. The van der Waals surface area contributed by atoms with Gasteiger partial charge in [-0.1, -0.05) is 47.5 Å². The topological polar surface area (TPSA) is 9.23 Å². The van der Waals surface area contributed by atoms with Crippen molar-refractivity contribution in [3.05, 3.63) is 0 Å². The van der Waals surface area contributed by atoms with Crippen LogP contribution in [0.3, 0.4) is 0 Å². The lowest BCUT2D eigenvalue weighted by Gasteiger charge is -2.60. The average molecular weight is 387 g/mol. The molecule has 10 atom stereocenters. The maximum Gasteiger partial charge on any atom is 0.0618 e. The van der Waals surface area contributed by atoms with Crippen molar-refractivity contribution in [1.82, 2.24) is 0 Å². The summed E-state index contributed by atoms with van der Waals surface area (Å²) >= 11 is 0. The second-order valence-electron chi connectivity index (χ2n) is 12.8. The van der Waals surface area contributed by atoms with Gasteiger partial charge in [0.2, 0.25) is 0 Å². The van der Waals surface area contributed by atoms with Crippen LogP contribution in [0.15, 0.2) is 0 Å². The Kier molecular flexibility index (Phi) is 4.97. The Morgan fingerprint density at radius 2 is 1.75 bits per heavy atom. The maximum absolute atomic E-state index is 6.82. The summed E-state index contributed by atoms with van der Waals surface area (Å²) in [6.45, 7) is 12.7. The van der Waals surface area contributed by atoms with E-state index >= 15 is 0 Å². The first-order valence-corrected chi connectivity index (χ1v) is 13.0. The Morgan fingerprint density at radius 3 is 2.54 bits per heavy atom. The predicted octanol–water partition coefficient (Wildman–Crippen LogP) is 7.49. The van der Waals surface area contributed by atoms with Crippen LogP contribution in [0.25, 0.3) is 0 Å². The highest BCUT2D eigenvalue weighted by Crippen LogP contribution is 2.70. The van der Waals surface area contributed by atoms with Crippen molar-refractivity contribution in [3.8, 4) is 0 Å². The van der Waals surface area contributed by atoms with Crippen LogP contribution in [0.4, 0.5) is 0 Å². The van der Waals surface area contributed by atoms with Gasteiger partial charge in [0.15, 0.2) is 0 Å². The van der Waals surface area contributed by atoms with E-state index in [0.717, 1.165) is 41.4 Å². The molecule has 28 heavy (non-hydrogen) atoms. The quantitative estimate of drug-likeness (QED) is 0.488. The van der Waals surface area contributed by atoms with Crippen LogP contribution >= 0.6 is 0 Å². The molecule has 5 aliphatic rings. The van der Waals surface area contributed by atoms with E-state index in [-0.39, 0.29) is 0 Å². The zero-order valence-electron chi connectivity index (χ0n) is 19.4. The Bertz CT molecular complexity index is 583. The SMILES string of the molecule is CC(C)CCC1O[C@H]2C[C@H]3C4CC[C@H]5CCCC[C@]5(C)[C@H]4CC[C@]3(C)C2[C@@H]1C. The fourth-order valence-corrected chi connectivity index (χ4v) is 9.81. The van der Waals surface area contributed by atoms with Gasteiger partial charge in [-0.05, 0) is 110 Å². The van der Waals surface area contributed by atoms with Crippen LogP contribution in [-0.4, -0.2) is 12.2 Å². The zero-order chi connectivity index (χ0) is 19.7. The molecule has 1 nitrogen and oxygen atoms in total. The second kappa shape index (κ2) is 7.00. The number of fused-ring (bicyclic) bond motifs is 7. The normalized spacial score (nSPS) is 55.5. The molecule has 1 heterocycles. The van der Waals surface area contributed by atoms with Gasteiger partial charge in [0.25, 0.3) is 0 Å². The van der Waals surface area contributed by atoms with E-state index < -0.39 is 0 Å². The van der Waals surface area contributed by atoms with Crippen LogP contribution in [0.2, 0.25) is 0 Å². The number of rotatable bonds is 3. The molecule has 1 heteroatoms. The van der Waals surface area contributed by atoms with Crippen molar-refractivity contribution < 1.29 is 4.74 Å². The lowest BCUT2D eigenvalue weighted by atomic mass is 9.44. The molecular weight excluding hydrogens is 340 g/mol. The Labute approximate surface area is 174 Å². The molecule has 3 unspecified atom stereocenters. The summed E-state index contributed by atoms with van der Waals surface area (Å²) in [6.07, 6.45) is 17.3. The molecule has 1 aliphatic heterocycles. The lowest BCUT2D eigenvalue weighted by Crippen LogP contribution is -2.53. The van der Waals surface area contributed by atoms with Gasteiger partial charge in [0.1, 0.15) is 0 Å². The van der Waals surface area contributed by atoms with Gasteiger partial charge in [0.05, 0.1) is 12.2 Å². The third kappa shape index (κ3) is 2.80. The van der Waals surface area contributed by atoms with E-state index in [1.807, 2.05) is 0 Å². The van der Waals surface area contributed by atoms with Crippen molar-refractivity contribution in [2.75, 3.05) is 0 Å². The van der Waals surface area contributed by atoms with E-state index in [9.17, 15) is 0 Å². The molecule has 0 radical (unpaired) electrons. The van der Waals surface area contributed by atoms with Gasteiger partial charge in [-0.15, -0.1) is 0 Å². The summed E-state index contributed by atoms with van der Waals surface area (Å²) in [4.78, 5) is 0. The number of hydrogen-bond acceptors (Lipinski definition) is 1. The molecule has 1 saturated heterocycles. The van der Waals surface area contributed by atoms with Crippen molar-refractivity contribution in [2.24, 2.45) is 52.3 Å². The molecule has 0 spiro atoms. The molecule has 5 rings (SSSR count). The van der Waals surface area contributed by atoms with Crippen molar-refractivity contribution in [3.63, 3.8) is 0 Å². The van der Waals surface area contributed by atoms with Crippen molar-refractivity contribution in [2.45, 2.75) is 117 Å². The molecule has 4 saturated carbocycles. The van der Waals surface area contributed by atoms with Gasteiger partial charge in [-0.3, -0.25) is 0 Å². The molecule has 0 bridgehead atoms. The van der Waals surface area contributed by atoms with E-state index in [1.165, 1.54) is 70.6 Å². The first-order valence-electron chi connectivity index (χ1n) is 13.0. The first-order chi connectivity index (χ1) is 13.3. The van der Waals surface area contributed by atoms with Gasteiger partial charge in [-0.2, -0.15) is 0 Å². The largest absolute Gasteiger partial charge is 0.374 e. The highest BCUT2D eigenvalue weighted by atomic mass is 16.5. The van der Waals surface area contributed by atoms with Crippen LogP contribution in [0.1, 0.15) is 105 Å². The summed E-state index contributed by atoms with van der Waals surface area (Å²) in [5.74, 6) is 6.45. The van der Waals surface area contributed by atoms with Crippen LogP contribution in [0.5, 0.6) is 0 Å². The molecule has 0 aromatic heterocycles. The summed E-state index contributed by atoms with van der Waals surface area (Å²) in [6, 6.07) is 0. The first kappa shape index (κ1) is 19.9. The summed E-state index contributed by atoms with van der Waals surface area (Å²) in [7, 11) is 0. The molecule has 5 fully saturated rings. The van der Waals surface area contributed by atoms with Gasteiger partial charge in [-0.25, -0.2) is 0 Å². The summed E-state index contributed by atoms with van der Waals surface area (Å²) in [5, 5.41) is 0. The molecule has 160 valence electrons. The molecule has 0 N–H and O–H groups in total. The third-order valence-electron chi connectivity index (χ3n) is 11.2. The highest BCUT2D eigenvalue weighted by molar-refractivity contribution is 5.13. The second-order valence-corrected chi connectivity index (χ2v) is 12.8. The third-order valence-corrected chi connectivity index (χ3v) is 11.2.